The van der Waals surface area contributed by atoms with Crippen LogP contribution in [0.3, 0.4) is 0 Å². The zero-order chi connectivity index (χ0) is 22.3. The molecule has 3 rings (SSSR count). The first-order chi connectivity index (χ1) is 14.8. The lowest BCUT2D eigenvalue weighted by molar-refractivity contribution is 0.0699. The van der Waals surface area contributed by atoms with Gasteiger partial charge in [0.2, 0.25) is 10.0 Å². The summed E-state index contributed by atoms with van der Waals surface area (Å²) in [6.07, 6.45) is 17.0. The molecule has 0 aromatic heterocycles. The molecule has 1 aromatic rings. The Bertz CT molecular complexity index is 897. The summed E-state index contributed by atoms with van der Waals surface area (Å²) >= 11 is 0. The summed E-state index contributed by atoms with van der Waals surface area (Å²) in [5.74, 6) is 0. The van der Waals surface area contributed by atoms with Crippen molar-refractivity contribution in [3.05, 3.63) is 60.2 Å². The van der Waals surface area contributed by atoms with Crippen molar-refractivity contribution < 1.29 is 8.42 Å². The number of piperidine rings is 2. The minimum atomic E-state index is -3.48. The quantitative estimate of drug-likeness (QED) is 0.524. The first-order valence-corrected chi connectivity index (χ1v) is 13.1. The molecule has 2 fully saturated rings. The highest BCUT2D eigenvalue weighted by Gasteiger charge is 2.34. The third-order valence-electron chi connectivity index (χ3n) is 6.64. The van der Waals surface area contributed by atoms with Gasteiger partial charge in [-0.05, 0) is 69.2 Å². The van der Waals surface area contributed by atoms with E-state index in [-0.39, 0.29) is 0 Å². The number of hydrogen-bond acceptors (Lipinski definition) is 3. The number of benzene rings is 1. The number of hydrogen-bond donors (Lipinski definition) is 0. The number of allylic oxidation sites excluding steroid dienone is 5. The highest BCUT2D eigenvalue weighted by molar-refractivity contribution is 7.89. The van der Waals surface area contributed by atoms with E-state index in [9.17, 15) is 8.42 Å². The van der Waals surface area contributed by atoms with Crippen LogP contribution in [0.25, 0.3) is 6.08 Å². The molecule has 0 aliphatic carbocycles. The SMILES string of the molecule is C/C=C\C=CC/C=C/c1ccccc1S(=O)(=O)N1CCC(N2CCC(C)(C)CC2)CC1. The van der Waals surface area contributed by atoms with Crippen LogP contribution in [0.1, 0.15) is 58.4 Å². The minimum Gasteiger partial charge on any atom is -0.300 e. The van der Waals surface area contributed by atoms with Gasteiger partial charge in [0.1, 0.15) is 0 Å². The normalized spacial score (nSPS) is 22.2. The van der Waals surface area contributed by atoms with Crippen LogP contribution >= 0.6 is 0 Å². The maximum absolute atomic E-state index is 13.4. The second kappa shape index (κ2) is 10.8. The molecule has 2 saturated heterocycles. The second-order valence-corrected chi connectivity index (χ2v) is 11.4. The fraction of sp³-hybridized carbons (Fsp3) is 0.538. The molecule has 31 heavy (non-hydrogen) atoms. The van der Waals surface area contributed by atoms with E-state index < -0.39 is 10.0 Å². The number of likely N-dealkylation sites (tertiary alicyclic amines) is 1. The Hall–Kier alpha value is -1.69. The Morgan fingerprint density at radius 3 is 2.35 bits per heavy atom. The van der Waals surface area contributed by atoms with Crippen LogP contribution in [-0.2, 0) is 10.0 Å². The van der Waals surface area contributed by atoms with E-state index in [4.69, 9.17) is 0 Å². The summed E-state index contributed by atoms with van der Waals surface area (Å²) in [7, 11) is -3.48. The minimum absolute atomic E-state index is 0.418. The smallest absolute Gasteiger partial charge is 0.243 e. The average Bonchev–Trinajstić information content (AvgIpc) is 2.76. The van der Waals surface area contributed by atoms with Crippen molar-refractivity contribution in [1.29, 1.82) is 0 Å². The molecular formula is C26H38N2O2S. The number of nitrogens with zero attached hydrogens (tertiary/aromatic N) is 2. The van der Waals surface area contributed by atoms with Crippen LogP contribution in [0.2, 0.25) is 0 Å². The Morgan fingerprint density at radius 1 is 1.00 bits per heavy atom. The van der Waals surface area contributed by atoms with Gasteiger partial charge in [0.25, 0.3) is 0 Å². The lowest BCUT2D eigenvalue weighted by Gasteiger charge is -2.43. The van der Waals surface area contributed by atoms with Gasteiger partial charge in [-0.3, -0.25) is 0 Å². The van der Waals surface area contributed by atoms with Crippen molar-refractivity contribution in [2.75, 3.05) is 26.2 Å². The molecule has 0 amide bonds. The van der Waals surface area contributed by atoms with Crippen molar-refractivity contribution >= 4 is 16.1 Å². The van der Waals surface area contributed by atoms with Gasteiger partial charge in [0.05, 0.1) is 4.90 Å². The molecule has 4 nitrogen and oxygen atoms in total. The predicted molar refractivity (Wildman–Crippen MR) is 130 cm³/mol. The van der Waals surface area contributed by atoms with E-state index in [0.717, 1.165) is 37.9 Å². The van der Waals surface area contributed by atoms with Crippen molar-refractivity contribution in [2.45, 2.75) is 63.8 Å². The summed E-state index contributed by atoms with van der Waals surface area (Å²) in [5.41, 5.74) is 1.21. The van der Waals surface area contributed by atoms with E-state index in [1.54, 1.807) is 10.4 Å². The van der Waals surface area contributed by atoms with E-state index >= 15 is 0 Å². The largest absolute Gasteiger partial charge is 0.300 e. The molecule has 2 aliphatic rings. The lowest BCUT2D eigenvalue weighted by Crippen LogP contribution is -2.49. The van der Waals surface area contributed by atoms with Gasteiger partial charge in [0.15, 0.2) is 0 Å². The zero-order valence-corrected chi connectivity index (χ0v) is 20.2. The summed E-state index contributed by atoms with van der Waals surface area (Å²) in [6.45, 7) is 10.2. The van der Waals surface area contributed by atoms with Crippen LogP contribution in [-0.4, -0.2) is 49.8 Å². The fourth-order valence-electron chi connectivity index (χ4n) is 4.48. The van der Waals surface area contributed by atoms with Crippen molar-refractivity contribution in [3.63, 3.8) is 0 Å². The molecule has 0 saturated carbocycles. The number of sulfonamides is 1. The monoisotopic (exact) mass is 442 g/mol. The van der Waals surface area contributed by atoms with Crippen molar-refractivity contribution in [2.24, 2.45) is 5.41 Å². The molecule has 0 N–H and O–H groups in total. The van der Waals surface area contributed by atoms with Crippen LogP contribution in [0.15, 0.2) is 59.5 Å². The Balaban J connectivity index is 1.63. The topological polar surface area (TPSA) is 40.6 Å². The standard InChI is InChI=1S/C26H38N2O2S/c1-4-5-6-7-8-9-12-23-13-10-11-14-25(23)31(29,30)28-19-15-24(16-20-28)27-21-17-26(2,3)18-22-27/h4-7,9-14,24H,8,15-22H2,1-3H3/b5-4-,7-6?,12-9+. The van der Waals surface area contributed by atoms with E-state index in [2.05, 4.69) is 24.8 Å². The molecule has 0 unspecified atom stereocenters. The maximum atomic E-state index is 13.4. The maximum Gasteiger partial charge on any atom is 0.243 e. The predicted octanol–water partition coefficient (Wildman–Crippen LogP) is 5.50. The van der Waals surface area contributed by atoms with Gasteiger partial charge in [0, 0.05) is 19.1 Å². The summed E-state index contributed by atoms with van der Waals surface area (Å²) in [6, 6.07) is 7.86. The van der Waals surface area contributed by atoms with Crippen LogP contribution in [0, 0.1) is 5.41 Å². The molecule has 170 valence electrons. The second-order valence-electron chi connectivity index (χ2n) is 9.47. The zero-order valence-electron chi connectivity index (χ0n) is 19.3. The van der Waals surface area contributed by atoms with Crippen molar-refractivity contribution in [3.8, 4) is 0 Å². The van der Waals surface area contributed by atoms with E-state index in [1.807, 2.05) is 55.5 Å². The first-order valence-electron chi connectivity index (χ1n) is 11.6. The highest BCUT2D eigenvalue weighted by atomic mass is 32.2. The fourth-order valence-corrected chi connectivity index (χ4v) is 6.13. The number of rotatable bonds is 7. The highest BCUT2D eigenvalue weighted by Crippen LogP contribution is 2.33. The Labute approximate surface area is 189 Å². The molecular weight excluding hydrogens is 404 g/mol. The third-order valence-corrected chi connectivity index (χ3v) is 8.61. The Morgan fingerprint density at radius 2 is 1.68 bits per heavy atom. The Kier molecular flexibility index (Phi) is 8.31. The lowest BCUT2D eigenvalue weighted by atomic mass is 9.82. The molecule has 2 aliphatic heterocycles. The van der Waals surface area contributed by atoms with Gasteiger partial charge in [-0.1, -0.05) is 68.5 Å². The van der Waals surface area contributed by atoms with Crippen LogP contribution in [0.5, 0.6) is 0 Å². The van der Waals surface area contributed by atoms with Gasteiger partial charge in [-0.15, -0.1) is 0 Å². The van der Waals surface area contributed by atoms with Gasteiger partial charge in [-0.25, -0.2) is 8.42 Å². The molecule has 0 radical (unpaired) electrons. The van der Waals surface area contributed by atoms with E-state index in [1.165, 1.54) is 12.8 Å². The van der Waals surface area contributed by atoms with Gasteiger partial charge >= 0.3 is 0 Å². The van der Waals surface area contributed by atoms with Crippen LogP contribution in [0.4, 0.5) is 0 Å². The van der Waals surface area contributed by atoms with Crippen molar-refractivity contribution in [1.82, 2.24) is 9.21 Å². The summed E-state index contributed by atoms with van der Waals surface area (Å²) < 4.78 is 28.5. The van der Waals surface area contributed by atoms with Crippen LogP contribution < -0.4 is 0 Å². The molecule has 0 bridgehead atoms. The average molecular weight is 443 g/mol. The molecule has 0 spiro atoms. The summed E-state index contributed by atoms with van der Waals surface area (Å²) in [5, 5.41) is 0. The van der Waals surface area contributed by atoms with E-state index in [0.29, 0.717) is 29.4 Å². The molecule has 0 atom stereocenters. The molecule has 5 heteroatoms. The first kappa shape index (κ1) is 24.0. The van der Waals surface area contributed by atoms with Gasteiger partial charge < -0.3 is 4.90 Å². The third kappa shape index (κ3) is 6.41. The van der Waals surface area contributed by atoms with Gasteiger partial charge in [-0.2, -0.15) is 4.31 Å². The molecule has 2 heterocycles. The summed E-state index contributed by atoms with van der Waals surface area (Å²) in [4.78, 5) is 3.01. The molecule has 1 aromatic carbocycles.